The molecule has 144 valence electrons. The van der Waals surface area contributed by atoms with E-state index in [2.05, 4.69) is 0 Å². The zero-order chi connectivity index (χ0) is 19.2. The molecule has 0 aliphatic carbocycles. The zero-order valence-corrected chi connectivity index (χ0v) is 16.0. The van der Waals surface area contributed by atoms with E-state index in [4.69, 9.17) is 9.47 Å². The average Bonchev–Trinajstić information content (AvgIpc) is 2.72. The van der Waals surface area contributed by atoms with Crippen LogP contribution in [0.25, 0.3) is 10.8 Å². The van der Waals surface area contributed by atoms with Gasteiger partial charge >= 0.3 is 5.97 Å². The molecule has 2 aromatic rings. The van der Waals surface area contributed by atoms with Crippen molar-refractivity contribution >= 4 is 22.6 Å². The van der Waals surface area contributed by atoms with Crippen LogP contribution >= 0.6 is 0 Å². The van der Waals surface area contributed by atoms with Crippen LogP contribution in [0.4, 0.5) is 0 Å². The van der Waals surface area contributed by atoms with Crippen LogP contribution in [0.3, 0.4) is 0 Å². The molecule has 1 atom stereocenters. The third-order valence-corrected chi connectivity index (χ3v) is 5.09. The maximum Gasteiger partial charge on any atom is 0.309 e. The predicted molar refractivity (Wildman–Crippen MR) is 105 cm³/mol. The molecule has 0 spiro atoms. The highest BCUT2D eigenvalue weighted by molar-refractivity contribution is 5.89. The van der Waals surface area contributed by atoms with Crippen LogP contribution in [0, 0.1) is 5.92 Å². The van der Waals surface area contributed by atoms with Gasteiger partial charge in [-0.25, -0.2) is 0 Å². The topological polar surface area (TPSA) is 55.8 Å². The molecule has 5 nitrogen and oxygen atoms in total. The van der Waals surface area contributed by atoms with Crippen LogP contribution in [0.5, 0.6) is 5.75 Å². The molecule has 1 amide bonds. The highest BCUT2D eigenvalue weighted by atomic mass is 16.5. The van der Waals surface area contributed by atoms with Crippen molar-refractivity contribution in [3.05, 3.63) is 42.5 Å². The number of likely N-dealkylation sites (tertiary alicyclic amines) is 1. The highest BCUT2D eigenvalue weighted by Crippen LogP contribution is 2.27. The van der Waals surface area contributed by atoms with E-state index in [-0.39, 0.29) is 17.8 Å². The van der Waals surface area contributed by atoms with Gasteiger partial charge in [0.25, 0.3) is 5.91 Å². The minimum absolute atomic E-state index is 0.00672. The number of amides is 1. The first kappa shape index (κ1) is 19.2. The number of rotatable bonds is 6. The van der Waals surface area contributed by atoms with Crippen molar-refractivity contribution in [3.8, 4) is 5.75 Å². The van der Waals surface area contributed by atoms with Crippen molar-refractivity contribution in [2.24, 2.45) is 5.92 Å². The Morgan fingerprint density at radius 1 is 1.07 bits per heavy atom. The van der Waals surface area contributed by atoms with Crippen LogP contribution in [0.2, 0.25) is 0 Å². The quantitative estimate of drug-likeness (QED) is 0.727. The van der Waals surface area contributed by atoms with Crippen molar-refractivity contribution in [2.45, 2.75) is 39.2 Å². The summed E-state index contributed by atoms with van der Waals surface area (Å²) in [6.45, 7) is 5.30. The average molecular weight is 369 g/mol. The summed E-state index contributed by atoms with van der Waals surface area (Å²) in [7, 11) is 0. The third-order valence-electron chi connectivity index (χ3n) is 5.09. The van der Waals surface area contributed by atoms with Crippen molar-refractivity contribution in [2.75, 3.05) is 19.7 Å². The van der Waals surface area contributed by atoms with E-state index in [1.807, 2.05) is 61.2 Å². The number of benzene rings is 2. The number of hydrogen-bond acceptors (Lipinski definition) is 4. The Bertz CT molecular complexity index is 791. The Balaban J connectivity index is 1.65. The molecule has 1 saturated heterocycles. The lowest BCUT2D eigenvalue weighted by Gasteiger charge is -2.33. The third kappa shape index (κ3) is 4.41. The number of ether oxygens (including phenoxy) is 2. The van der Waals surface area contributed by atoms with Crippen molar-refractivity contribution in [3.63, 3.8) is 0 Å². The molecule has 27 heavy (non-hydrogen) atoms. The molecule has 0 unspecified atom stereocenters. The SMILES string of the molecule is CCOC(=O)C1CCN(C(=O)[C@@H](CC)Oc2cccc3ccccc23)CC1. The van der Waals surface area contributed by atoms with E-state index >= 15 is 0 Å². The number of fused-ring (bicyclic) bond motifs is 1. The van der Waals surface area contributed by atoms with E-state index in [9.17, 15) is 9.59 Å². The molecule has 1 fully saturated rings. The van der Waals surface area contributed by atoms with Gasteiger partial charge in [0.05, 0.1) is 12.5 Å². The van der Waals surface area contributed by atoms with Crippen molar-refractivity contribution < 1.29 is 19.1 Å². The fourth-order valence-electron chi connectivity index (χ4n) is 3.56. The van der Waals surface area contributed by atoms with Gasteiger partial charge in [-0.3, -0.25) is 9.59 Å². The van der Waals surface area contributed by atoms with Crippen LogP contribution in [-0.4, -0.2) is 42.6 Å². The summed E-state index contributed by atoms with van der Waals surface area (Å²) >= 11 is 0. The minimum atomic E-state index is -0.519. The van der Waals surface area contributed by atoms with Gasteiger partial charge in [-0.05, 0) is 37.6 Å². The smallest absolute Gasteiger partial charge is 0.309 e. The molecule has 0 saturated carbocycles. The van der Waals surface area contributed by atoms with Gasteiger partial charge in [-0.1, -0.05) is 43.3 Å². The lowest BCUT2D eigenvalue weighted by molar-refractivity contribution is -0.152. The lowest BCUT2D eigenvalue weighted by Crippen LogP contribution is -2.46. The lowest BCUT2D eigenvalue weighted by atomic mass is 9.96. The first-order valence-corrected chi connectivity index (χ1v) is 9.73. The Morgan fingerprint density at radius 2 is 1.78 bits per heavy atom. The Hall–Kier alpha value is -2.56. The van der Waals surface area contributed by atoms with Gasteiger partial charge < -0.3 is 14.4 Å². The van der Waals surface area contributed by atoms with Crippen LogP contribution in [-0.2, 0) is 14.3 Å². The van der Waals surface area contributed by atoms with E-state index in [1.54, 1.807) is 0 Å². The summed E-state index contributed by atoms with van der Waals surface area (Å²) in [6, 6.07) is 13.9. The fraction of sp³-hybridized carbons (Fsp3) is 0.455. The second-order valence-electron chi connectivity index (χ2n) is 6.84. The molecular weight excluding hydrogens is 342 g/mol. The Labute approximate surface area is 160 Å². The molecule has 1 aliphatic heterocycles. The molecule has 0 bridgehead atoms. The summed E-state index contributed by atoms with van der Waals surface area (Å²) in [5, 5.41) is 2.10. The Kier molecular flexibility index (Phi) is 6.32. The molecule has 0 N–H and O–H groups in total. The van der Waals surface area contributed by atoms with Crippen molar-refractivity contribution in [1.29, 1.82) is 0 Å². The van der Waals surface area contributed by atoms with E-state index < -0.39 is 6.10 Å². The van der Waals surface area contributed by atoms with Gasteiger partial charge in [-0.2, -0.15) is 0 Å². The van der Waals surface area contributed by atoms with E-state index in [0.717, 1.165) is 16.5 Å². The van der Waals surface area contributed by atoms with Crippen LogP contribution in [0.1, 0.15) is 33.1 Å². The van der Waals surface area contributed by atoms with Crippen molar-refractivity contribution in [1.82, 2.24) is 4.90 Å². The standard InChI is InChI=1S/C22H27NO4/c1-3-19(27-20-11-7-9-16-8-5-6-10-18(16)20)21(24)23-14-12-17(13-15-23)22(25)26-4-2/h5-11,17,19H,3-4,12-15H2,1-2H3/t19-/m1/s1. The summed E-state index contributed by atoms with van der Waals surface area (Å²) < 4.78 is 11.2. The van der Waals surface area contributed by atoms with Crippen LogP contribution < -0.4 is 4.74 Å². The maximum atomic E-state index is 13.0. The molecular formula is C22H27NO4. The zero-order valence-electron chi connectivity index (χ0n) is 16.0. The number of hydrogen-bond donors (Lipinski definition) is 0. The summed E-state index contributed by atoms with van der Waals surface area (Å²) in [4.78, 5) is 26.7. The highest BCUT2D eigenvalue weighted by Gasteiger charge is 2.31. The molecule has 0 aromatic heterocycles. The molecule has 0 radical (unpaired) electrons. The second kappa shape index (κ2) is 8.89. The van der Waals surface area contributed by atoms with Gasteiger partial charge in [-0.15, -0.1) is 0 Å². The summed E-state index contributed by atoms with van der Waals surface area (Å²) in [5.74, 6) is 0.471. The number of nitrogens with zero attached hydrogens (tertiary/aromatic N) is 1. The molecule has 2 aromatic carbocycles. The first-order valence-electron chi connectivity index (χ1n) is 9.73. The molecule has 5 heteroatoms. The Morgan fingerprint density at radius 3 is 2.48 bits per heavy atom. The number of carbonyl (C=O) groups excluding carboxylic acids is 2. The summed E-state index contributed by atoms with van der Waals surface area (Å²) in [5.41, 5.74) is 0. The normalized spacial score (nSPS) is 16.1. The number of esters is 1. The fourth-order valence-corrected chi connectivity index (χ4v) is 3.56. The van der Waals surface area contributed by atoms with E-state index in [1.165, 1.54) is 0 Å². The largest absolute Gasteiger partial charge is 0.480 e. The van der Waals surface area contributed by atoms with Gasteiger partial charge in [0.15, 0.2) is 6.10 Å². The minimum Gasteiger partial charge on any atom is -0.480 e. The monoisotopic (exact) mass is 369 g/mol. The number of carbonyl (C=O) groups is 2. The van der Waals surface area contributed by atoms with Gasteiger partial charge in [0, 0.05) is 18.5 Å². The molecule has 3 rings (SSSR count). The first-order chi connectivity index (χ1) is 13.1. The van der Waals surface area contributed by atoms with Gasteiger partial charge in [0.2, 0.25) is 0 Å². The van der Waals surface area contributed by atoms with Gasteiger partial charge in [0.1, 0.15) is 5.75 Å². The summed E-state index contributed by atoms with van der Waals surface area (Å²) in [6.07, 6.45) is 1.37. The van der Waals surface area contributed by atoms with Crippen LogP contribution in [0.15, 0.2) is 42.5 Å². The molecule has 1 heterocycles. The van der Waals surface area contributed by atoms with E-state index in [0.29, 0.717) is 39.0 Å². The predicted octanol–water partition coefficient (Wildman–Crippen LogP) is 3.80. The number of piperidine rings is 1. The molecule has 1 aliphatic rings. The second-order valence-corrected chi connectivity index (χ2v) is 6.84. The maximum absolute atomic E-state index is 13.0.